The minimum absolute atomic E-state index is 0.00581. The zero-order valence-corrected chi connectivity index (χ0v) is 36.1. The summed E-state index contributed by atoms with van der Waals surface area (Å²) in [6, 6.07) is 2.40. The van der Waals surface area contributed by atoms with Crippen molar-refractivity contribution >= 4 is 46.2 Å². The number of anilines is 1. The number of nitrogens with zero attached hydrogens (tertiary/aromatic N) is 3. The van der Waals surface area contributed by atoms with Crippen molar-refractivity contribution in [1.82, 2.24) is 24.7 Å². The van der Waals surface area contributed by atoms with Crippen LogP contribution in [-0.4, -0.2) is 133 Å². The molecule has 1 aromatic rings. The molecule has 1 fully saturated rings. The fourth-order valence-corrected chi connectivity index (χ4v) is 8.39. The van der Waals surface area contributed by atoms with E-state index in [2.05, 4.69) is 10.0 Å². The lowest BCUT2D eigenvalue weighted by atomic mass is 9.89. The number of carbonyl (C=O) groups excluding carboxylic acids is 5. The predicted molar refractivity (Wildman–Crippen MR) is 211 cm³/mol. The molecule has 0 aromatic heterocycles. The highest BCUT2D eigenvalue weighted by Gasteiger charge is 2.43. The van der Waals surface area contributed by atoms with Crippen LogP contribution in [0.4, 0.5) is 18.9 Å². The molecular weight excluding hydrogens is 770 g/mol. The molecule has 9 atom stereocenters. The van der Waals surface area contributed by atoms with Gasteiger partial charge >= 0.3 is 12.1 Å². The SMILES string of the molecule is CC[C@@H](C)[C@@H]([C@@H](CC(=O)N1CCC[C@H]1[C@H](OC)[C@@H](C)C(=O)NS(=O)c1ccc(NC(=O)C(F)(F)F)cc1)OC)N(C)C(=O)[C@@H](NC(=O)[C@H](C(C)C)N(C)C)C(C)C. The molecule has 1 aromatic carbocycles. The Morgan fingerprint density at radius 3 is 2.00 bits per heavy atom. The molecule has 57 heavy (non-hydrogen) atoms. The summed E-state index contributed by atoms with van der Waals surface area (Å²) >= 11 is 0. The molecule has 0 bridgehead atoms. The third-order valence-electron chi connectivity index (χ3n) is 10.7. The van der Waals surface area contributed by atoms with Crippen LogP contribution >= 0.6 is 0 Å². The van der Waals surface area contributed by atoms with Crippen molar-refractivity contribution < 1.29 is 50.8 Å². The molecule has 5 amide bonds. The monoisotopic (exact) mass is 832 g/mol. The fourth-order valence-electron chi connectivity index (χ4n) is 7.52. The highest BCUT2D eigenvalue weighted by atomic mass is 32.2. The van der Waals surface area contributed by atoms with Gasteiger partial charge in [-0.25, -0.2) is 4.21 Å². The van der Waals surface area contributed by atoms with Crippen molar-refractivity contribution in [2.24, 2.45) is 23.7 Å². The first kappa shape index (κ1) is 49.5. The first-order valence-electron chi connectivity index (χ1n) is 19.3. The summed E-state index contributed by atoms with van der Waals surface area (Å²) in [5, 5.41) is 4.69. The second-order valence-corrected chi connectivity index (χ2v) is 16.9. The van der Waals surface area contributed by atoms with Gasteiger partial charge in [0.25, 0.3) is 0 Å². The molecule has 0 spiro atoms. The summed E-state index contributed by atoms with van der Waals surface area (Å²) in [6.07, 6.45) is -4.82. The molecule has 324 valence electrons. The fraction of sp³-hybridized carbons (Fsp3) is 0.718. The topological polar surface area (TPSA) is 167 Å². The second kappa shape index (κ2) is 22.0. The molecule has 1 saturated heterocycles. The first-order chi connectivity index (χ1) is 26.5. The Hall–Kier alpha value is -3.61. The molecular formula is C39H63F3N6O8S. The van der Waals surface area contributed by atoms with Crippen molar-refractivity contribution in [2.75, 3.05) is 47.2 Å². The number of ether oxygens (including phenoxy) is 2. The van der Waals surface area contributed by atoms with Gasteiger partial charge in [-0.3, -0.25) is 33.6 Å². The van der Waals surface area contributed by atoms with E-state index in [1.165, 1.54) is 26.4 Å². The van der Waals surface area contributed by atoms with Crippen LogP contribution in [0, 0.1) is 23.7 Å². The Balaban J connectivity index is 2.23. The van der Waals surface area contributed by atoms with E-state index in [-0.39, 0.29) is 52.5 Å². The second-order valence-electron chi connectivity index (χ2n) is 15.7. The van der Waals surface area contributed by atoms with Crippen molar-refractivity contribution in [1.29, 1.82) is 0 Å². The van der Waals surface area contributed by atoms with E-state index in [9.17, 15) is 41.4 Å². The molecule has 0 aliphatic carbocycles. The number of amides is 5. The molecule has 0 radical (unpaired) electrons. The number of likely N-dealkylation sites (N-methyl/N-ethyl adjacent to an activating group) is 2. The summed E-state index contributed by atoms with van der Waals surface area (Å²) in [5.41, 5.74) is -0.170. The summed E-state index contributed by atoms with van der Waals surface area (Å²) < 4.78 is 65.0. The number of hydrogen-bond acceptors (Lipinski definition) is 9. The van der Waals surface area contributed by atoms with Gasteiger partial charge in [0.15, 0.2) is 11.0 Å². The third kappa shape index (κ3) is 13.2. The third-order valence-corrected chi connectivity index (χ3v) is 11.8. The van der Waals surface area contributed by atoms with Crippen LogP contribution in [-0.2, 0) is 44.4 Å². The Kier molecular flexibility index (Phi) is 19.1. The van der Waals surface area contributed by atoms with Gasteiger partial charge in [0.2, 0.25) is 23.6 Å². The van der Waals surface area contributed by atoms with Crippen LogP contribution in [0.5, 0.6) is 0 Å². The number of nitrogens with one attached hydrogen (secondary N) is 3. The molecule has 18 heteroatoms. The minimum Gasteiger partial charge on any atom is -0.379 e. The average Bonchev–Trinajstić information content (AvgIpc) is 3.62. The number of benzene rings is 1. The molecule has 1 heterocycles. The van der Waals surface area contributed by atoms with Gasteiger partial charge in [0.1, 0.15) is 6.04 Å². The first-order valence-corrected chi connectivity index (χ1v) is 20.5. The highest BCUT2D eigenvalue weighted by Crippen LogP contribution is 2.30. The molecule has 3 N–H and O–H groups in total. The van der Waals surface area contributed by atoms with Crippen molar-refractivity contribution in [3.05, 3.63) is 24.3 Å². The standard InChI is InChI=1S/C39H63F3N6O8S/c1-13-24(6)33(47(10)37(52)31(22(2)3)44-36(51)32(23(4)5)46(8)9)29(55-11)21-30(49)48-20-14-15-28(48)34(56-12)25(7)35(50)45-57(54)27-18-16-26(17-19-27)43-38(53)39(40,41)42/h16-19,22-25,28-29,31-34H,13-15,20-21H2,1-12H3,(H,43,53)(H,44,51)(H,45,50)/t24-,25-,28+,29-,31+,32+,33+,34-,57?/m1/s1. The van der Waals surface area contributed by atoms with Gasteiger partial charge in [0, 0.05) is 33.5 Å². The highest BCUT2D eigenvalue weighted by molar-refractivity contribution is 7.83. The molecule has 14 nitrogen and oxygen atoms in total. The van der Waals surface area contributed by atoms with Crippen LogP contribution in [0.1, 0.15) is 74.1 Å². The summed E-state index contributed by atoms with van der Waals surface area (Å²) in [5.74, 6) is -4.79. The van der Waals surface area contributed by atoms with E-state index in [1.807, 2.05) is 60.5 Å². The molecule has 2 rings (SSSR count). The van der Waals surface area contributed by atoms with E-state index >= 15 is 0 Å². The van der Waals surface area contributed by atoms with Crippen LogP contribution in [0.25, 0.3) is 0 Å². The van der Waals surface area contributed by atoms with E-state index in [0.29, 0.717) is 25.8 Å². The predicted octanol–water partition coefficient (Wildman–Crippen LogP) is 3.97. The zero-order chi connectivity index (χ0) is 43.5. The maximum absolute atomic E-state index is 14.2. The quantitative estimate of drug-likeness (QED) is 0.176. The van der Waals surface area contributed by atoms with Crippen LogP contribution < -0.4 is 15.4 Å². The molecule has 1 aliphatic rings. The molecule has 0 saturated carbocycles. The number of likely N-dealkylation sites (tertiary alicyclic amines) is 1. The summed E-state index contributed by atoms with van der Waals surface area (Å²) in [6.45, 7) is 13.6. The smallest absolute Gasteiger partial charge is 0.379 e. The number of halogens is 3. The van der Waals surface area contributed by atoms with Gasteiger partial charge in [-0.15, -0.1) is 0 Å². The Bertz CT molecular complexity index is 1540. The number of rotatable bonds is 20. The van der Waals surface area contributed by atoms with Crippen molar-refractivity contribution in [3.63, 3.8) is 0 Å². The molecule has 1 unspecified atom stereocenters. The van der Waals surface area contributed by atoms with Gasteiger partial charge in [-0.2, -0.15) is 13.2 Å². The minimum atomic E-state index is -5.08. The largest absolute Gasteiger partial charge is 0.471 e. The van der Waals surface area contributed by atoms with Gasteiger partial charge in [-0.1, -0.05) is 54.9 Å². The lowest BCUT2D eigenvalue weighted by molar-refractivity contribution is -0.167. The van der Waals surface area contributed by atoms with Crippen molar-refractivity contribution in [3.8, 4) is 0 Å². The van der Waals surface area contributed by atoms with Gasteiger partial charge in [-0.05, 0) is 69.0 Å². The maximum atomic E-state index is 14.2. The molecule has 1 aliphatic heterocycles. The lowest BCUT2D eigenvalue weighted by Crippen LogP contribution is -2.59. The van der Waals surface area contributed by atoms with Crippen LogP contribution in [0.15, 0.2) is 29.2 Å². The van der Waals surface area contributed by atoms with E-state index in [0.717, 1.165) is 12.1 Å². The lowest BCUT2D eigenvalue weighted by Gasteiger charge is -2.41. The normalized spacial score (nSPS) is 19.0. The number of carbonyl (C=O) groups is 5. The van der Waals surface area contributed by atoms with E-state index in [4.69, 9.17) is 9.47 Å². The Morgan fingerprint density at radius 2 is 1.53 bits per heavy atom. The Morgan fingerprint density at radius 1 is 0.930 bits per heavy atom. The summed E-state index contributed by atoms with van der Waals surface area (Å²) in [4.78, 5) is 71.5. The maximum Gasteiger partial charge on any atom is 0.471 e. The van der Waals surface area contributed by atoms with Crippen LogP contribution in [0.2, 0.25) is 0 Å². The van der Waals surface area contributed by atoms with Gasteiger partial charge < -0.3 is 29.9 Å². The average molecular weight is 833 g/mol. The number of hydrogen-bond donors (Lipinski definition) is 3. The van der Waals surface area contributed by atoms with Crippen molar-refractivity contribution in [2.45, 2.75) is 122 Å². The Labute approximate surface area is 337 Å². The zero-order valence-electron chi connectivity index (χ0n) is 35.3. The van der Waals surface area contributed by atoms with Gasteiger partial charge in [0.05, 0.1) is 47.6 Å². The number of alkyl halides is 3. The summed E-state index contributed by atoms with van der Waals surface area (Å²) in [7, 11) is 6.13. The number of methoxy groups -OCH3 is 2. The van der Waals surface area contributed by atoms with E-state index in [1.54, 1.807) is 29.1 Å². The van der Waals surface area contributed by atoms with E-state index < -0.39 is 71.3 Å². The van der Waals surface area contributed by atoms with Crippen LogP contribution in [0.3, 0.4) is 0 Å².